The highest BCUT2D eigenvalue weighted by molar-refractivity contribution is 7.16. The molecule has 0 saturated heterocycles. The van der Waals surface area contributed by atoms with Gasteiger partial charge in [0.2, 0.25) is 5.82 Å². The van der Waals surface area contributed by atoms with E-state index in [2.05, 4.69) is 15.5 Å². The summed E-state index contributed by atoms with van der Waals surface area (Å²) >= 11 is 0.580. The van der Waals surface area contributed by atoms with Gasteiger partial charge < -0.3 is 14.9 Å². The summed E-state index contributed by atoms with van der Waals surface area (Å²) in [6, 6.07) is 17.5. The van der Waals surface area contributed by atoms with Gasteiger partial charge in [-0.15, -0.1) is 11.3 Å². The second kappa shape index (κ2) is 9.87. The van der Waals surface area contributed by atoms with Crippen LogP contribution in [0.25, 0.3) is 33.3 Å². The van der Waals surface area contributed by atoms with E-state index >= 15 is 0 Å². The van der Waals surface area contributed by atoms with Crippen molar-refractivity contribution < 1.29 is 27.6 Å². The van der Waals surface area contributed by atoms with E-state index in [9.17, 15) is 18.0 Å². The zero-order chi connectivity index (χ0) is 25.3. The molecular weight excluding hydrogens is 491 g/mol. The molecule has 0 radical (unpaired) electrons. The Balaban J connectivity index is 1.30. The normalized spacial score (nSPS) is 18.0. The molecule has 0 spiro atoms. The van der Waals surface area contributed by atoms with Crippen LogP contribution in [-0.2, 0) is 17.5 Å². The molecule has 2 heterocycles. The van der Waals surface area contributed by atoms with Gasteiger partial charge in [-0.25, -0.2) is 0 Å². The van der Waals surface area contributed by atoms with Crippen LogP contribution in [0, 0.1) is 5.92 Å². The summed E-state index contributed by atoms with van der Waals surface area (Å²) in [5.74, 6) is -0.705. The van der Waals surface area contributed by atoms with Crippen LogP contribution in [0.1, 0.15) is 29.7 Å². The lowest BCUT2D eigenvalue weighted by atomic mass is 10.1. The first-order valence-electron chi connectivity index (χ1n) is 11.4. The van der Waals surface area contributed by atoms with Gasteiger partial charge >= 0.3 is 12.1 Å². The second-order valence-corrected chi connectivity index (χ2v) is 9.82. The van der Waals surface area contributed by atoms with E-state index in [1.165, 1.54) is 6.07 Å². The number of nitrogens with zero attached hydrogens (tertiary/aromatic N) is 2. The van der Waals surface area contributed by atoms with Gasteiger partial charge in [0.1, 0.15) is 4.88 Å². The Morgan fingerprint density at radius 2 is 1.83 bits per heavy atom. The highest BCUT2D eigenvalue weighted by atomic mass is 32.1. The number of aliphatic carboxylic acids is 1. The largest absolute Gasteiger partial charge is 0.481 e. The average Bonchev–Trinajstić information content (AvgIpc) is 3.63. The van der Waals surface area contributed by atoms with Crippen molar-refractivity contribution in [3.8, 4) is 33.3 Å². The van der Waals surface area contributed by atoms with Gasteiger partial charge in [-0.2, -0.15) is 18.2 Å². The maximum absolute atomic E-state index is 13.7. The first kappa shape index (κ1) is 24.2. The highest BCUT2D eigenvalue weighted by Crippen LogP contribution is 2.45. The lowest BCUT2D eigenvalue weighted by molar-refractivity contribution is -0.141. The number of alkyl halides is 3. The van der Waals surface area contributed by atoms with Gasteiger partial charge in [-0.05, 0) is 36.5 Å². The molecule has 0 aliphatic heterocycles. The molecule has 1 aliphatic rings. The molecule has 2 aromatic heterocycles. The zero-order valence-corrected chi connectivity index (χ0v) is 19.8. The van der Waals surface area contributed by atoms with Crippen LogP contribution >= 0.6 is 11.3 Å². The molecule has 5 rings (SSSR count). The van der Waals surface area contributed by atoms with Crippen LogP contribution < -0.4 is 5.32 Å². The molecule has 2 N–H and O–H groups in total. The molecular formula is C26H22F3N3O3S. The highest BCUT2D eigenvalue weighted by Gasteiger charge is 2.37. The summed E-state index contributed by atoms with van der Waals surface area (Å²) in [6.07, 6.45) is -2.35. The van der Waals surface area contributed by atoms with Crippen molar-refractivity contribution in [2.75, 3.05) is 0 Å². The van der Waals surface area contributed by atoms with E-state index in [1.807, 2.05) is 24.3 Å². The molecule has 1 aliphatic carbocycles. The van der Waals surface area contributed by atoms with Crippen molar-refractivity contribution in [3.05, 3.63) is 71.1 Å². The lowest BCUT2D eigenvalue weighted by Crippen LogP contribution is -2.26. The van der Waals surface area contributed by atoms with Crippen LogP contribution in [0.3, 0.4) is 0 Å². The molecule has 6 nitrogen and oxygen atoms in total. The fourth-order valence-electron chi connectivity index (χ4n) is 4.41. The van der Waals surface area contributed by atoms with Crippen LogP contribution in [0.2, 0.25) is 0 Å². The maximum Gasteiger partial charge on any atom is 0.426 e. The third kappa shape index (κ3) is 5.19. The van der Waals surface area contributed by atoms with Crippen molar-refractivity contribution in [2.45, 2.75) is 38.0 Å². The molecule has 2 atom stereocenters. The third-order valence-electron chi connectivity index (χ3n) is 6.30. The molecule has 36 heavy (non-hydrogen) atoms. The number of carboxylic acid groups (broad SMARTS) is 1. The number of hydrogen-bond donors (Lipinski definition) is 2. The summed E-state index contributed by atoms with van der Waals surface area (Å²) in [4.78, 5) is 15.0. The molecule has 0 amide bonds. The van der Waals surface area contributed by atoms with Crippen LogP contribution in [-0.4, -0.2) is 27.3 Å². The lowest BCUT2D eigenvalue weighted by Gasteiger charge is -2.12. The van der Waals surface area contributed by atoms with Gasteiger partial charge in [0, 0.05) is 23.7 Å². The number of thiophene rings is 1. The monoisotopic (exact) mass is 513 g/mol. The first-order chi connectivity index (χ1) is 17.3. The van der Waals surface area contributed by atoms with E-state index in [0.29, 0.717) is 41.9 Å². The van der Waals surface area contributed by atoms with Gasteiger partial charge in [0.05, 0.1) is 10.8 Å². The van der Waals surface area contributed by atoms with E-state index in [-0.39, 0.29) is 34.1 Å². The third-order valence-corrected chi connectivity index (χ3v) is 7.47. The summed E-state index contributed by atoms with van der Waals surface area (Å²) in [6.45, 7) is 0.604. The summed E-state index contributed by atoms with van der Waals surface area (Å²) in [5.41, 5.74) is 2.24. The SMILES string of the molecule is O=C(O)[C@@H]1CC[C@@H](NCc2ccc(-c3noc(-c4cc(-c5ccccc5)c(C(F)(F)F)s4)n3)cc2)C1. The van der Waals surface area contributed by atoms with Gasteiger partial charge in [-0.3, -0.25) is 4.79 Å². The predicted octanol–water partition coefficient (Wildman–Crippen LogP) is 6.49. The summed E-state index contributed by atoms with van der Waals surface area (Å²) in [7, 11) is 0. The van der Waals surface area contributed by atoms with E-state index < -0.39 is 17.0 Å². The zero-order valence-electron chi connectivity index (χ0n) is 19.0. The van der Waals surface area contributed by atoms with E-state index in [4.69, 9.17) is 9.63 Å². The van der Waals surface area contributed by atoms with Crippen molar-refractivity contribution in [1.82, 2.24) is 15.5 Å². The fourth-order valence-corrected chi connectivity index (χ4v) is 5.37. The molecule has 186 valence electrons. The van der Waals surface area contributed by atoms with Gasteiger partial charge in [0.25, 0.3) is 5.89 Å². The Bertz CT molecular complexity index is 1350. The number of aromatic nitrogens is 2. The summed E-state index contributed by atoms with van der Waals surface area (Å²) in [5, 5.41) is 16.5. The number of carboxylic acids is 1. The number of carbonyl (C=O) groups is 1. The molecule has 0 bridgehead atoms. The van der Waals surface area contributed by atoms with Crippen molar-refractivity contribution in [1.29, 1.82) is 0 Å². The minimum atomic E-state index is -4.51. The fraction of sp³-hybridized carbons (Fsp3) is 0.269. The van der Waals surface area contributed by atoms with Crippen molar-refractivity contribution >= 4 is 17.3 Å². The molecule has 10 heteroatoms. The van der Waals surface area contributed by atoms with Crippen LogP contribution in [0.15, 0.2) is 65.2 Å². The first-order valence-corrected chi connectivity index (χ1v) is 12.3. The molecule has 2 aromatic carbocycles. The van der Waals surface area contributed by atoms with Crippen molar-refractivity contribution in [3.63, 3.8) is 0 Å². The molecule has 0 unspecified atom stereocenters. The quantitative estimate of drug-likeness (QED) is 0.294. The van der Waals surface area contributed by atoms with E-state index in [1.54, 1.807) is 30.3 Å². The molecule has 1 fully saturated rings. The van der Waals surface area contributed by atoms with Crippen molar-refractivity contribution in [2.24, 2.45) is 5.92 Å². The second-order valence-electron chi connectivity index (χ2n) is 8.76. The summed E-state index contributed by atoms with van der Waals surface area (Å²) < 4.78 is 46.4. The Morgan fingerprint density at radius 3 is 2.50 bits per heavy atom. The minimum Gasteiger partial charge on any atom is -0.481 e. The maximum atomic E-state index is 13.7. The van der Waals surface area contributed by atoms with Gasteiger partial charge in [-0.1, -0.05) is 59.8 Å². The number of halogens is 3. The topological polar surface area (TPSA) is 88.2 Å². The Hall–Kier alpha value is -3.50. The Kier molecular flexibility index (Phi) is 6.63. The number of nitrogens with one attached hydrogen (secondary N) is 1. The predicted molar refractivity (Wildman–Crippen MR) is 129 cm³/mol. The molecule has 1 saturated carbocycles. The van der Waals surface area contributed by atoms with Crippen LogP contribution in [0.5, 0.6) is 0 Å². The Labute approximate surface area is 208 Å². The van der Waals surface area contributed by atoms with Gasteiger partial charge in [0.15, 0.2) is 0 Å². The molecule has 4 aromatic rings. The van der Waals surface area contributed by atoms with Crippen LogP contribution in [0.4, 0.5) is 13.2 Å². The Morgan fingerprint density at radius 1 is 1.08 bits per heavy atom. The number of benzene rings is 2. The standard InChI is InChI=1S/C26H22F3N3O3S/c27-26(28,29)22-20(16-4-2-1-3-5-16)13-21(36-22)24-31-23(32-35-24)17-8-6-15(7-9-17)14-30-19-11-10-18(12-19)25(33)34/h1-9,13,18-19,30H,10-12,14H2,(H,33,34)/t18-,19-/m1/s1. The number of hydrogen-bond acceptors (Lipinski definition) is 6. The average molecular weight is 514 g/mol. The smallest absolute Gasteiger partial charge is 0.426 e. The van der Waals surface area contributed by atoms with E-state index in [0.717, 1.165) is 12.0 Å². The number of rotatable bonds is 7. The minimum absolute atomic E-state index is 0.0302.